The second kappa shape index (κ2) is 12.5. The Balaban J connectivity index is 0.00000336. The van der Waals surface area contributed by atoms with Crippen molar-refractivity contribution >= 4 is 44.1 Å². The van der Waals surface area contributed by atoms with Crippen molar-refractivity contribution in [3.8, 4) is 51.3 Å². The van der Waals surface area contributed by atoms with Gasteiger partial charge in [-0.25, -0.2) is 15.0 Å². The molecule has 3 aliphatic heterocycles. The summed E-state index contributed by atoms with van der Waals surface area (Å²) in [6.07, 6.45) is 3.78. The summed E-state index contributed by atoms with van der Waals surface area (Å²) in [5.74, 6) is 2.78. The molecule has 1 fully saturated rings. The average molecular weight is 705 g/mol. The van der Waals surface area contributed by atoms with Gasteiger partial charge in [0, 0.05) is 45.8 Å². The number of rotatable bonds is 4. The Morgan fingerprint density at radius 1 is 0.500 bits per heavy atom. The first-order chi connectivity index (χ1) is 24.3. The second-order valence-corrected chi connectivity index (χ2v) is 12.5. The Bertz CT molecular complexity index is 2610. The molecule has 0 atom stereocenters. The molecule has 4 aromatic carbocycles. The molecule has 7 aromatic rings. The number of hydrogen-bond donors (Lipinski definition) is 0. The van der Waals surface area contributed by atoms with Gasteiger partial charge in [-0.3, -0.25) is 4.90 Å². The average Bonchev–Trinajstić information content (AvgIpc) is 3.88. The van der Waals surface area contributed by atoms with E-state index in [9.17, 15) is 0 Å². The van der Waals surface area contributed by atoms with E-state index in [0.29, 0.717) is 52.5 Å². The van der Waals surface area contributed by atoms with Crippen LogP contribution in [0.1, 0.15) is 19.3 Å². The van der Waals surface area contributed by atoms with E-state index in [4.69, 9.17) is 44.6 Å². The van der Waals surface area contributed by atoms with Crippen molar-refractivity contribution in [1.82, 2.24) is 44.8 Å². The third-order valence-electron chi connectivity index (χ3n) is 9.53. The monoisotopic (exact) mass is 703 g/mol. The van der Waals surface area contributed by atoms with Crippen LogP contribution >= 0.6 is 0 Å². The molecule has 6 heterocycles. The first-order valence-corrected chi connectivity index (χ1v) is 16.7. The fourth-order valence-electron chi connectivity index (χ4n) is 7.11. The Morgan fingerprint density at radius 2 is 0.980 bits per heavy atom. The van der Waals surface area contributed by atoms with Gasteiger partial charge in [-0.05, 0) is 53.5 Å². The van der Waals surface area contributed by atoms with Gasteiger partial charge in [0.25, 0.3) is 0 Å². The number of ether oxygens (including phenoxy) is 1. The van der Waals surface area contributed by atoms with Crippen LogP contribution < -0.4 is 14.7 Å². The van der Waals surface area contributed by atoms with Gasteiger partial charge < -0.3 is 29.7 Å². The zero-order valence-corrected chi connectivity index (χ0v) is 30.2. The van der Waals surface area contributed by atoms with Gasteiger partial charge in [0.15, 0.2) is 11.6 Å². The number of likely N-dealkylation sites (tertiary alicyclic amines) is 1. The van der Waals surface area contributed by atoms with Crippen molar-refractivity contribution in [2.45, 2.75) is 19.3 Å². The second-order valence-electron chi connectivity index (χ2n) is 12.5. The number of benzene rings is 4. The van der Waals surface area contributed by atoms with E-state index < -0.39 is 0 Å². The van der Waals surface area contributed by atoms with Gasteiger partial charge in [0.1, 0.15) is 12.4 Å². The minimum atomic E-state index is 0. The smallest absolute Gasteiger partial charge is 0.491 e. The summed E-state index contributed by atoms with van der Waals surface area (Å²) in [6.45, 7) is 3.67. The van der Waals surface area contributed by atoms with Crippen molar-refractivity contribution < 1.29 is 24.2 Å². The Labute approximate surface area is 299 Å². The van der Waals surface area contributed by atoms with E-state index >= 15 is 0 Å². The quantitative estimate of drug-likeness (QED) is 0.177. The standard InChI is InChI=1S/C39H29N9O.Zn/c1-8-19-48(20-9-1)21-22-49-30-18-10-17-29-31(30)39-46-37-28-16-7-6-15-27(28)35(44-37)42-33-24-12-3-2-11-23(24)32(40-33)41-34-25-13-4-5-14-26(25)36(43-34)45-38(29)47-39;/h2-7,10-18H,1,8-9,19-22H2;/q-2;+2. The van der Waals surface area contributed by atoms with E-state index in [-0.39, 0.29) is 19.5 Å². The third kappa shape index (κ3) is 5.16. The van der Waals surface area contributed by atoms with Gasteiger partial charge in [-0.1, -0.05) is 91.3 Å². The van der Waals surface area contributed by atoms with Crippen LogP contribution in [0.5, 0.6) is 5.75 Å². The normalized spacial score (nSPS) is 13.9. The van der Waals surface area contributed by atoms with Crippen molar-refractivity contribution in [1.29, 1.82) is 0 Å². The van der Waals surface area contributed by atoms with E-state index in [0.717, 1.165) is 69.2 Å². The SMILES string of the molecule is [Zn+2].c1ccc2c(c1)-c1nc-2nc2[n-]c(nc3[n-]c(nc4nc(n1)-c1c(OCCN5CCCCC5)cccc1-4)c1ccccc31)c1ccccc21. The minimum Gasteiger partial charge on any atom is -0.491 e. The molecule has 50 heavy (non-hydrogen) atoms. The number of hydrogen-bond acceptors (Lipinski definition) is 8. The molecule has 10 nitrogen and oxygen atoms in total. The molecule has 8 bridgehead atoms. The Hall–Kier alpha value is -5.38. The first-order valence-electron chi connectivity index (χ1n) is 16.7. The largest absolute Gasteiger partial charge is 2.00 e. The molecule has 0 N–H and O–H groups in total. The van der Waals surface area contributed by atoms with Crippen molar-refractivity contribution in [3.63, 3.8) is 0 Å². The van der Waals surface area contributed by atoms with Gasteiger partial charge in [-0.15, -0.1) is 0 Å². The summed E-state index contributed by atoms with van der Waals surface area (Å²) < 4.78 is 6.49. The molecule has 3 aromatic heterocycles. The molecular formula is C39H29N9OZn. The molecule has 0 aliphatic carbocycles. The topological polar surface area (TPSA) is 118 Å². The summed E-state index contributed by atoms with van der Waals surface area (Å²) in [5.41, 5.74) is 5.53. The number of aromatic nitrogens is 8. The molecule has 10 rings (SSSR count). The van der Waals surface area contributed by atoms with E-state index in [1.165, 1.54) is 19.3 Å². The van der Waals surface area contributed by atoms with Crippen LogP contribution in [0.15, 0.2) is 91.0 Å². The van der Waals surface area contributed by atoms with Crippen LogP contribution in [0.3, 0.4) is 0 Å². The minimum absolute atomic E-state index is 0. The molecule has 0 unspecified atom stereocenters. The molecular weight excluding hydrogens is 676 g/mol. The third-order valence-corrected chi connectivity index (χ3v) is 9.53. The molecule has 0 amide bonds. The zero-order valence-electron chi connectivity index (χ0n) is 27.3. The predicted octanol–water partition coefficient (Wildman–Crippen LogP) is 6.99. The molecule has 1 saturated heterocycles. The summed E-state index contributed by atoms with van der Waals surface area (Å²) in [6, 6.07) is 30.0. The van der Waals surface area contributed by atoms with E-state index in [2.05, 4.69) is 4.90 Å². The molecule has 238 valence electrons. The van der Waals surface area contributed by atoms with E-state index in [1.54, 1.807) is 0 Å². The number of nitrogens with zero attached hydrogens (tertiary/aromatic N) is 9. The molecule has 0 saturated carbocycles. The summed E-state index contributed by atoms with van der Waals surface area (Å²) >= 11 is 0. The summed E-state index contributed by atoms with van der Waals surface area (Å²) in [4.78, 5) is 42.6. The van der Waals surface area contributed by atoms with Crippen LogP contribution in [0.2, 0.25) is 0 Å². The molecule has 0 radical (unpaired) electrons. The fraction of sp³-hybridized carbons (Fsp3) is 0.179. The van der Waals surface area contributed by atoms with Crippen LogP contribution in [-0.4, -0.2) is 61.0 Å². The first kappa shape index (κ1) is 30.7. The van der Waals surface area contributed by atoms with Crippen LogP contribution in [0.25, 0.3) is 89.7 Å². The maximum Gasteiger partial charge on any atom is 2.00 e. The van der Waals surface area contributed by atoms with Crippen molar-refractivity contribution in [2.75, 3.05) is 26.2 Å². The van der Waals surface area contributed by atoms with Crippen LogP contribution in [0, 0.1) is 0 Å². The molecule has 0 spiro atoms. The Kier molecular flexibility index (Phi) is 7.67. The Morgan fingerprint density at radius 3 is 1.58 bits per heavy atom. The zero-order chi connectivity index (χ0) is 32.3. The maximum atomic E-state index is 6.49. The van der Waals surface area contributed by atoms with Crippen molar-refractivity contribution in [2.24, 2.45) is 0 Å². The number of piperidine rings is 1. The number of fused-ring (bicyclic) bond motifs is 20. The molecule has 3 aliphatic rings. The van der Waals surface area contributed by atoms with Crippen molar-refractivity contribution in [3.05, 3.63) is 91.0 Å². The summed E-state index contributed by atoms with van der Waals surface area (Å²) in [7, 11) is 0. The van der Waals surface area contributed by atoms with Gasteiger partial charge in [0.05, 0.1) is 17.2 Å². The fourth-order valence-corrected chi connectivity index (χ4v) is 7.11. The molecule has 11 heteroatoms. The van der Waals surface area contributed by atoms with E-state index in [1.807, 2.05) is 91.0 Å². The van der Waals surface area contributed by atoms with Gasteiger partial charge in [0.2, 0.25) is 0 Å². The van der Waals surface area contributed by atoms with Gasteiger partial charge in [-0.2, -0.15) is 0 Å². The summed E-state index contributed by atoms with van der Waals surface area (Å²) in [5, 5.41) is 3.53. The maximum absolute atomic E-state index is 6.49. The predicted molar refractivity (Wildman–Crippen MR) is 190 cm³/mol. The van der Waals surface area contributed by atoms with Gasteiger partial charge >= 0.3 is 19.5 Å². The van der Waals surface area contributed by atoms with Crippen LogP contribution in [0.4, 0.5) is 0 Å². The van der Waals surface area contributed by atoms with Crippen LogP contribution in [-0.2, 0) is 19.5 Å².